The minimum atomic E-state index is -0.134. The lowest BCUT2D eigenvalue weighted by molar-refractivity contribution is 0.0607. The molecule has 1 fully saturated rings. The number of halogens is 2. The predicted octanol–water partition coefficient (Wildman–Crippen LogP) is 4.29. The van der Waals surface area contributed by atoms with Crippen molar-refractivity contribution in [3.8, 4) is 0 Å². The maximum atomic E-state index is 13.2. The van der Waals surface area contributed by atoms with Crippen molar-refractivity contribution in [3.05, 3.63) is 57.5 Å². The molecule has 4 rings (SSSR count). The third kappa shape index (κ3) is 3.35. The Hall–Kier alpha value is -2.31. The number of amides is 1. The van der Waals surface area contributed by atoms with E-state index < -0.39 is 0 Å². The van der Waals surface area contributed by atoms with Gasteiger partial charge in [-0.1, -0.05) is 23.2 Å². The topological polar surface area (TPSA) is 76.5 Å². The van der Waals surface area contributed by atoms with Gasteiger partial charge < -0.3 is 10.6 Å². The first-order chi connectivity index (χ1) is 12.9. The number of benzene rings is 1. The van der Waals surface area contributed by atoms with Crippen LogP contribution in [0.15, 0.2) is 30.5 Å². The number of aromatic nitrogens is 3. The van der Waals surface area contributed by atoms with E-state index in [1.54, 1.807) is 22.7 Å². The molecule has 0 saturated carbocycles. The molecule has 0 bridgehead atoms. The normalized spacial score (nSPS) is 17.4. The summed E-state index contributed by atoms with van der Waals surface area (Å²) < 4.78 is 1.71. The van der Waals surface area contributed by atoms with E-state index in [0.29, 0.717) is 33.6 Å². The summed E-state index contributed by atoms with van der Waals surface area (Å²) in [5.41, 5.74) is 9.20. The minimum absolute atomic E-state index is 0.126. The molecule has 2 N–H and O–H groups in total. The van der Waals surface area contributed by atoms with E-state index in [1.807, 2.05) is 24.1 Å². The fourth-order valence-corrected chi connectivity index (χ4v) is 3.83. The van der Waals surface area contributed by atoms with Gasteiger partial charge in [0.15, 0.2) is 5.65 Å². The van der Waals surface area contributed by atoms with Crippen LogP contribution in [0.5, 0.6) is 0 Å². The number of carbonyl (C=O) groups is 1. The summed E-state index contributed by atoms with van der Waals surface area (Å²) in [6.45, 7) is 2.53. The van der Waals surface area contributed by atoms with Gasteiger partial charge in [-0.2, -0.15) is 5.10 Å². The lowest BCUT2D eigenvalue weighted by atomic mass is 9.98. The van der Waals surface area contributed by atoms with Crippen molar-refractivity contribution in [3.63, 3.8) is 0 Å². The summed E-state index contributed by atoms with van der Waals surface area (Å²) in [5, 5.41) is 5.59. The maximum absolute atomic E-state index is 13.2. The van der Waals surface area contributed by atoms with Crippen LogP contribution in [-0.4, -0.2) is 31.9 Å². The molecule has 1 amide bonds. The van der Waals surface area contributed by atoms with Crippen molar-refractivity contribution in [2.75, 3.05) is 12.3 Å². The Bertz CT molecular complexity index is 993. The monoisotopic (exact) mass is 403 g/mol. The summed E-state index contributed by atoms with van der Waals surface area (Å²) >= 11 is 12.2. The van der Waals surface area contributed by atoms with Gasteiger partial charge in [-0.3, -0.25) is 4.79 Å². The Labute approximate surface area is 166 Å². The molecule has 3 aromatic rings. The molecular formula is C19H19Cl2N5O. The van der Waals surface area contributed by atoms with Crippen LogP contribution in [0.3, 0.4) is 0 Å². The van der Waals surface area contributed by atoms with Crippen LogP contribution in [-0.2, 0) is 0 Å². The predicted molar refractivity (Wildman–Crippen MR) is 106 cm³/mol. The average molecular weight is 404 g/mol. The Balaban J connectivity index is 1.72. The zero-order valence-electron chi connectivity index (χ0n) is 14.8. The van der Waals surface area contributed by atoms with E-state index >= 15 is 0 Å². The molecule has 6 nitrogen and oxygen atoms in total. The van der Waals surface area contributed by atoms with Crippen LogP contribution < -0.4 is 5.73 Å². The molecule has 140 valence electrons. The number of piperidine rings is 1. The number of carbonyl (C=O) groups excluding carboxylic acids is 1. The SMILES string of the molecule is Cc1cn2nc([C@@H]3CCCCN3C(=O)c3cc(Cl)ccc3N)cc2nc1Cl. The number of likely N-dealkylation sites (tertiary alicyclic amines) is 1. The van der Waals surface area contributed by atoms with Crippen LogP contribution >= 0.6 is 23.2 Å². The first kappa shape index (κ1) is 18.1. The second-order valence-corrected chi connectivity index (χ2v) is 7.62. The Morgan fingerprint density at radius 1 is 1.26 bits per heavy atom. The molecule has 1 aliphatic rings. The number of nitrogen functional groups attached to an aromatic ring is 1. The molecule has 3 heterocycles. The molecule has 1 aromatic carbocycles. The fourth-order valence-electron chi connectivity index (χ4n) is 3.52. The summed E-state index contributed by atoms with van der Waals surface area (Å²) in [7, 11) is 0. The molecule has 8 heteroatoms. The van der Waals surface area contributed by atoms with Crippen LogP contribution in [0.4, 0.5) is 5.69 Å². The van der Waals surface area contributed by atoms with Crippen molar-refractivity contribution in [1.29, 1.82) is 0 Å². The van der Waals surface area contributed by atoms with Crippen LogP contribution in [0, 0.1) is 6.92 Å². The molecule has 1 saturated heterocycles. The second kappa shape index (κ2) is 7.02. The summed E-state index contributed by atoms with van der Waals surface area (Å²) in [4.78, 5) is 19.4. The highest BCUT2D eigenvalue weighted by atomic mass is 35.5. The Morgan fingerprint density at radius 2 is 2.07 bits per heavy atom. The van der Waals surface area contributed by atoms with Gasteiger partial charge in [-0.05, 0) is 44.4 Å². The highest BCUT2D eigenvalue weighted by Gasteiger charge is 2.31. The third-order valence-corrected chi connectivity index (χ3v) is 5.56. The van der Waals surface area contributed by atoms with Gasteiger partial charge in [0.05, 0.1) is 17.3 Å². The number of nitrogens with zero attached hydrogens (tertiary/aromatic N) is 4. The molecule has 27 heavy (non-hydrogen) atoms. The van der Waals surface area contributed by atoms with Crippen LogP contribution in [0.2, 0.25) is 10.2 Å². The zero-order valence-corrected chi connectivity index (χ0v) is 16.3. The van der Waals surface area contributed by atoms with Crippen molar-refractivity contribution in [2.45, 2.75) is 32.2 Å². The highest BCUT2D eigenvalue weighted by Crippen LogP contribution is 2.33. The molecule has 0 aliphatic carbocycles. The van der Waals surface area contributed by atoms with E-state index in [0.717, 1.165) is 30.5 Å². The molecule has 0 unspecified atom stereocenters. The number of rotatable bonds is 2. The maximum Gasteiger partial charge on any atom is 0.256 e. The van der Waals surface area contributed by atoms with Crippen molar-refractivity contribution in [1.82, 2.24) is 19.5 Å². The highest BCUT2D eigenvalue weighted by molar-refractivity contribution is 6.31. The lowest BCUT2D eigenvalue weighted by Gasteiger charge is -2.35. The zero-order chi connectivity index (χ0) is 19.1. The van der Waals surface area contributed by atoms with Gasteiger partial charge in [0.25, 0.3) is 5.91 Å². The van der Waals surface area contributed by atoms with Crippen molar-refractivity contribution < 1.29 is 4.79 Å². The number of nitrogens with two attached hydrogens (primary N) is 1. The summed E-state index contributed by atoms with van der Waals surface area (Å²) in [5.74, 6) is -0.126. The van der Waals surface area contributed by atoms with E-state index in [1.165, 1.54) is 0 Å². The first-order valence-corrected chi connectivity index (χ1v) is 9.58. The average Bonchev–Trinajstić information content (AvgIpc) is 3.06. The van der Waals surface area contributed by atoms with E-state index in [4.69, 9.17) is 28.9 Å². The van der Waals surface area contributed by atoms with Crippen molar-refractivity contribution in [2.24, 2.45) is 0 Å². The van der Waals surface area contributed by atoms with E-state index in [2.05, 4.69) is 10.1 Å². The number of hydrogen-bond acceptors (Lipinski definition) is 4. The standard InChI is InChI=1S/C19H19Cl2N5O/c1-11-10-26-17(23-18(11)21)9-15(24-26)16-4-2-3-7-25(16)19(27)13-8-12(20)5-6-14(13)22/h5-6,8-10,16H,2-4,7,22H2,1H3/t16-/m0/s1. The lowest BCUT2D eigenvalue weighted by Crippen LogP contribution is -2.39. The molecule has 1 aliphatic heterocycles. The van der Waals surface area contributed by atoms with Gasteiger partial charge in [-0.15, -0.1) is 0 Å². The summed E-state index contributed by atoms with van der Waals surface area (Å²) in [6.07, 6.45) is 4.65. The number of fused-ring (bicyclic) bond motifs is 1. The number of anilines is 1. The second-order valence-electron chi connectivity index (χ2n) is 6.83. The Morgan fingerprint density at radius 3 is 2.89 bits per heavy atom. The van der Waals surface area contributed by atoms with Crippen LogP contribution in [0.1, 0.15) is 46.9 Å². The van der Waals surface area contributed by atoms with Gasteiger partial charge in [0, 0.05) is 35.1 Å². The first-order valence-electron chi connectivity index (χ1n) is 8.82. The van der Waals surface area contributed by atoms with Gasteiger partial charge in [0.1, 0.15) is 5.15 Å². The van der Waals surface area contributed by atoms with Crippen LogP contribution in [0.25, 0.3) is 5.65 Å². The number of hydrogen-bond donors (Lipinski definition) is 1. The molecule has 2 aromatic heterocycles. The van der Waals surface area contributed by atoms with E-state index in [-0.39, 0.29) is 11.9 Å². The quantitative estimate of drug-likeness (QED) is 0.511. The van der Waals surface area contributed by atoms with Gasteiger partial charge in [0.2, 0.25) is 0 Å². The minimum Gasteiger partial charge on any atom is -0.398 e. The largest absolute Gasteiger partial charge is 0.398 e. The Kier molecular flexibility index (Phi) is 4.70. The van der Waals surface area contributed by atoms with E-state index in [9.17, 15) is 4.79 Å². The van der Waals surface area contributed by atoms with Gasteiger partial charge >= 0.3 is 0 Å². The number of aryl methyl sites for hydroxylation is 1. The fraction of sp³-hybridized carbons (Fsp3) is 0.316. The molecule has 1 atom stereocenters. The van der Waals surface area contributed by atoms with Crippen molar-refractivity contribution >= 4 is 40.4 Å². The smallest absolute Gasteiger partial charge is 0.256 e. The van der Waals surface area contributed by atoms with Gasteiger partial charge in [-0.25, -0.2) is 9.50 Å². The molecule has 0 radical (unpaired) electrons. The molecule has 0 spiro atoms. The molecular weight excluding hydrogens is 385 g/mol. The summed E-state index contributed by atoms with van der Waals surface area (Å²) in [6, 6.07) is 6.72. The third-order valence-electron chi connectivity index (χ3n) is 4.94.